The normalized spacial score (nSPS) is 10.7. The summed E-state index contributed by atoms with van der Waals surface area (Å²) >= 11 is 0. The van der Waals surface area contributed by atoms with Crippen LogP contribution in [0.1, 0.15) is 162 Å². The summed E-state index contributed by atoms with van der Waals surface area (Å²) in [5.41, 5.74) is 1.55. The minimum Gasteiger partial charge on any atom is -0.492 e. The third kappa shape index (κ3) is 18.5. The van der Waals surface area contributed by atoms with E-state index in [2.05, 4.69) is 37.3 Å². The molecule has 242 valence electrons. The highest BCUT2D eigenvalue weighted by Gasteiger charge is 2.22. The third-order valence-corrected chi connectivity index (χ3v) is 7.82. The van der Waals surface area contributed by atoms with E-state index < -0.39 is 0 Å². The van der Waals surface area contributed by atoms with Gasteiger partial charge >= 0.3 is 0 Å². The van der Waals surface area contributed by atoms with Crippen molar-refractivity contribution >= 4 is 17.9 Å². The number of ether oxygens (including phenoxy) is 1. The summed E-state index contributed by atoms with van der Waals surface area (Å²) in [5, 5.41) is 6.11. The monoisotopic (exact) mass is 594 g/mol. The summed E-state index contributed by atoms with van der Waals surface area (Å²) < 4.78 is 6.25. The molecule has 0 aliphatic heterocycles. The number of nitrogens with one attached hydrogen (secondary N) is 2. The van der Waals surface area contributed by atoms with E-state index >= 15 is 0 Å². The number of allylic oxidation sites excluding steroid dienone is 2. The molecule has 0 aliphatic carbocycles. The summed E-state index contributed by atoms with van der Waals surface area (Å²) in [5.74, 6) is -0.0262. The van der Waals surface area contributed by atoms with Gasteiger partial charge < -0.3 is 15.4 Å². The second-order valence-electron chi connectivity index (χ2n) is 11.7. The SMILES string of the molecule is C=CCCCCCCNC(=O)c1cc(C=C)cc(C(=O)NCCCCCCC=C)c1OCCCCCCCCCCCC. The van der Waals surface area contributed by atoms with Crippen molar-refractivity contribution in [2.45, 2.75) is 135 Å². The first-order valence-electron chi connectivity index (χ1n) is 17.3. The van der Waals surface area contributed by atoms with Gasteiger partial charge in [-0.2, -0.15) is 0 Å². The first kappa shape index (κ1) is 38.2. The minimum absolute atomic E-state index is 0.205. The second kappa shape index (κ2) is 26.8. The van der Waals surface area contributed by atoms with E-state index in [-0.39, 0.29) is 11.8 Å². The van der Waals surface area contributed by atoms with Gasteiger partial charge in [0.1, 0.15) is 5.75 Å². The average Bonchev–Trinajstić information content (AvgIpc) is 3.02. The van der Waals surface area contributed by atoms with Gasteiger partial charge in [-0.1, -0.05) is 115 Å². The van der Waals surface area contributed by atoms with Crippen molar-refractivity contribution in [3.8, 4) is 5.75 Å². The van der Waals surface area contributed by atoms with Crippen LogP contribution < -0.4 is 15.4 Å². The lowest BCUT2D eigenvalue weighted by atomic mass is 10.0. The Balaban J connectivity index is 2.81. The van der Waals surface area contributed by atoms with Gasteiger partial charge in [0.05, 0.1) is 17.7 Å². The van der Waals surface area contributed by atoms with E-state index in [1.54, 1.807) is 18.2 Å². The minimum atomic E-state index is -0.205. The molecule has 2 amide bonds. The molecule has 5 nitrogen and oxygen atoms in total. The molecule has 43 heavy (non-hydrogen) atoms. The number of carbonyl (C=O) groups excluding carboxylic acids is 2. The van der Waals surface area contributed by atoms with Gasteiger partial charge in [0.2, 0.25) is 0 Å². The van der Waals surface area contributed by atoms with Crippen LogP contribution in [0.5, 0.6) is 5.75 Å². The van der Waals surface area contributed by atoms with Crippen LogP contribution >= 0.6 is 0 Å². The Hall–Kier alpha value is -2.82. The number of carbonyl (C=O) groups is 2. The molecule has 0 saturated carbocycles. The summed E-state index contributed by atoms with van der Waals surface area (Å²) in [6.45, 7) is 15.4. The van der Waals surface area contributed by atoms with Gasteiger partial charge in [-0.15, -0.1) is 13.2 Å². The fourth-order valence-corrected chi connectivity index (χ4v) is 5.15. The Labute approximate surface area is 264 Å². The molecular weight excluding hydrogens is 532 g/mol. The van der Waals surface area contributed by atoms with E-state index in [1.165, 1.54) is 51.4 Å². The van der Waals surface area contributed by atoms with Crippen LogP contribution in [0.15, 0.2) is 44.0 Å². The van der Waals surface area contributed by atoms with Gasteiger partial charge in [-0.05, 0) is 62.6 Å². The van der Waals surface area contributed by atoms with Crippen molar-refractivity contribution < 1.29 is 14.3 Å². The van der Waals surface area contributed by atoms with E-state index in [9.17, 15) is 9.59 Å². The number of hydrogen-bond donors (Lipinski definition) is 2. The fraction of sp³-hybridized carbons (Fsp3) is 0.632. The summed E-state index contributed by atoms with van der Waals surface area (Å²) in [6.07, 6.45) is 28.5. The Morgan fingerprint density at radius 3 is 1.49 bits per heavy atom. The highest BCUT2D eigenvalue weighted by molar-refractivity contribution is 6.05. The molecule has 0 radical (unpaired) electrons. The number of unbranched alkanes of at least 4 members (excludes halogenated alkanes) is 17. The lowest BCUT2D eigenvalue weighted by Gasteiger charge is -2.17. The van der Waals surface area contributed by atoms with Gasteiger partial charge in [-0.3, -0.25) is 9.59 Å². The zero-order valence-corrected chi connectivity index (χ0v) is 27.5. The van der Waals surface area contributed by atoms with Crippen molar-refractivity contribution in [3.05, 3.63) is 60.7 Å². The number of amides is 2. The van der Waals surface area contributed by atoms with Crippen molar-refractivity contribution in [1.82, 2.24) is 10.6 Å². The topological polar surface area (TPSA) is 67.4 Å². The van der Waals surface area contributed by atoms with Crippen molar-refractivity contribution in [3.63, 3.8) is 0 Å². The van der Waals surface area contributed by atoms with Crippen LogP contribution in [0.25, 0.3) is 6.08 Å². The quantitative estimate of drug-likeness (QED) is 0.0716. The lowest BCUT2D eigenvalue weighted by molar-refractivity contribution is 0.0945. The molecule has 0 unspecified atom stereocenters. The van der Waals surface area contributed by atoms with Crippen LogP contribution in [0, 0.1) is 0 Å². The molecule has 5 heteroatoms. The van der Waals surface area contributed by atoms with Crippen LogP contribution in [0.3, 0.4) is 0 Å². The summed E-state index contributed by atoms with van der Waals surface area (Å²) in [6, 6.07) is 3.58. The molecule has 0 fully saturated rings. The van der Waals surface area contributed by atoms with Crippen molar-refractivity contribution in [2.24, 2.45) is 0 Å². The van der Waals surface area contributed by atoms with E-state index in [4.69, 9.17) is 4.74 Å². The van der Waals surface area contributed by atoms with Crippen LogP contribution in [-0.4, -0.2) is 31.5 Å². The molecule has 1 aromatic rings. The molecule has 1 rings (SSSR count). The van der Waals surface area contributed by atoms with E-state index in [0.29, 0.717) is 36.6 Å². The maximum absolute atomic E-state index is 13.4. The Bertz CT molecular complexity index is 869. The van der Waals surface area contributed by atoms with Crippen molar-refractivity contribution in [2.75, 3.05) is 19.7 Å². The molecular formula is C38H62N2O3. The molecule has 0 heterocycles. The summed E-state index contributed by atoms with van der Waals surface area (Å²) in [7, 11) is 0. The first-order chi connectivity index (χ1) is 21.1. The second-order valence-corrected chi connectivity index (χ2v) is 11.7. The largest absolute Gasteiger partial charge is 0.492 e. The highest BCUT2D eigenvalue weighted by Crippen LogP contribution is 2.28. The first-order valence-corrected chi connectivity index (χ1v) is 17.3. The molecule has 2 N–H and O–H groups in total. The standard InChI is InChI=1S/C38H62N2O3/c1-5-9-12-15-18-19-20-21-24-27-30-43-36-34(37(41)39-28-25-22-16-13-10-6-2)31-33(8-4)32-35(36)38(42)40-29-26-23-17-14-11-7-3/h6-8,31-32H,2-5,9-30H2,1H3,(H,39,41)(H,40,42). The van der Waals surface area contributed by atoms with E-state index in [1.807, 2.05) is 12.2 Å². The molecule has 0 atom stereocenters. The molecule has 0 saturated heterocycles. The van der Waals surface area contributed by atoms with Crippen LogP contribution in [0.4, 0.5) is 0 Å². The van der Waals surface area contributed by atoms with Gasteiger partial charge in [0.15, 0.2) is 0 Å². The molecule has 1 aromatic carbocycles. The third-order valence-electron chi connectivity index (χ3n) is 7.82. The molecule has 0 spiro atoms. The highest BCUT2D eigenvalue weighted by atomic mass is 16.5. The smallest absolute Gasteiger partial charge is 0.255 e. The molecule has 0 bridgehead atoms. The maximum Gasteiger partial charge on any atom is 0.255 e. The molecule has 0 aromatic heterocycles. The van der Waals surface area contributed by atoms with Crippen LogP contribution in [-0.2, 0) is 0 Å². The average molecular weight is 595 g/mol. The number of benzene rings is 1. The van der Waals surface area contributed by atoms with Crippen LogP contribution in [0.2, 0.25) is 0 Å². The van der Waals surface area contributed by atoms with Gasteiger partial charge in [0, 0.05) is 13.1 Å². The Morgan fingerprint density at radius 2 is 1.05 bits per heavy atom. The fourth-order valence-electron chi connectivity index (χ4n) is 5.15. The predicted octanol–water partition coefficient (Wildman–Crippen LogP) is 10.4. The van der Waals surface area contributed by atoms with Gasteiger partial charge in [-0.25, -0.2) is 0 Å². The van der Waals surface area contributed by atoms with Gasteiger partial charge in [0.25, 0.3) is 11.8 Å². The van der Waals surface area contributed by atoms with E-state index in [0.717, 1.165) is 82.6 Å². The predicted molar refractivity (Wildman–Crippen MR) is 185 cm³/mol. The zero-order chi connectivity index (χ0) is 31.4. The Kier molecular flexibility index (Phi) is 23.8. The Morgan fingerprint density at radius 1 is 0.628 bits per heavy atom. The molecule has 0 aliphatic rings. The summed E-state index contributed by atoms with van der Waals surface area (Å²) in [4.78, 5) is 26.7. The maximum atomic E-state index is 13.4. The number of hydrogen-bond acceptors (Lipinski definition) is 3. The lowest BCUT2D eigenvalue weighted by Crippen LogP contribution is -2.28. The van der Waals surface area contributed by atoms with Crippen molar-refractivity contribution in [1.29, 1.82) is 0 Å². The zero-order valence-electron chi connectivity index (χ0n) is 27.5. The number of rotatable bonds is 29.